The van der Waals surface area contributed by atoms with Crippen molar-refractivity contribution in [2.75, 3.05) is 25.3 Å². The number of rotatable bonds is 6. The normalized spacial score (nSPS) is 10.3. The predicted octanol–water partition coefficient (Wildman–Crippen LogP) is 1.83. The van der Waals surface area contributed by atoms with Crippen LogP contribution < -0.4 is 15.8 Å². The molecular formula is C14H18N4O2. The van der Waals surface area contributed by atoms with Gasteiger partial charge in [-0.05, 0) is 17.7 Å². The Morgan fingerprint density at radius 2 is 1.90 bits per heavy atom. The summed E-state index contributed by atoms with van der Waals surface area (Å²) in [7, 11) is 3.24. The Bertz CT molecular complexity index is 558. The van der Waals surface area contributed by atoms with E-state index in [0.717, 1.165) is 11.3 Å². The largest absolute Gasteiger partial charge is 0.497 e. The molecule has 0 amide bonds. The van der Waals surface area contributed by atoms with E-state index in [1.807, 2.05) is 24.3 Å². The zero-order valence-corrected chi connectivity index (χ0v) is 11.6. The number of nitrogens with one attached hydrogen (secondary N) is 1. The van der Waals surface area contributed by atoms with Crippen molar-refractivity contribution in [1.29, 1.82) is 0 Å². The maximum atomic E-state index is 5.73. The fourth-order valence-corrected chi connectivity index (χ4v) is 1.74. The maximum Gasteiger partial charge on any atom is 0.158 e. The van der Waals surface area contributed by atoms with Crippen molar-refractivity contribution in [2.45, 2.75) is 13.2 Å². The third-order valence-corrected chi connectivity index (χ3v) is 2.70. The molecule has 0 fully saturated rings. The molecule has 106 valence electrons. The molecule has 0 unspecified atom stereocenters. The fourth-order valence-electron chi connectivity index (χ4n) is 1.74. The summed E-state index contributed by atoms with van der Waals surface area (Å²) in [5.74, 6) is 2.50. The minimum absolute atomic E-state index is 0.336. The van der Waals surface area contributed by atoms with Crippen LogP contribution in [0.2, 0.25) is 0 Å². The quantitative estimate of drug-likeness (QED) is 0.836. The molecule has 1 aromatic carbocycles. The molecule has 6 nitrogen and oxygen atoms in total. The molecule has 2 aromatic rings. The van der Waals surface area contributed by atoms with Crippen LogP contribution in [0.25, 0.3) is 0 Å². The Hall–Kier alpha value is -2.34. The van der Waals surface area contributed by atoms with Gasteiger partial charge in [0.1, 0.15) is 24.0 Å². The summed E-state index contributed by atoms with van der Waals surface area (Å²) in [5.41, 5.74) is 6.85. The van der Waals surface area contributed by atoms with Gasteiger partial charge in [-0.3, -0.25) is 0 Å². The Labute approximate surface area is 118 Å². The van der Waals surface area contributed by atoms with Crippen LogP contribution in [0, 0.1) is 0 Å². The van der Waals surface area contributed by atoms with Crippen LogP contribution >= 0.6 is 0 Å². The molecule has 1 heterocycles. The first-order valence-electron chi connectivity index (χ1n) is 6.20. The number of hydrogen-bond acceptors (Lipinski definition) is 6. The van der Waals surface area contributed by atoms with Crippen LogP contribution in [0.3, 0.4) is 0 Å². The molecule has 0 atom stereocenters. The van der Waals surface area contributed by atoms with Gasteiger partial charge in [0.25, 0.3) is 0 Å². The second-order valence-corrected chi connectivity index (χ2v) is 4.23. The first-order chi connectivity index (χ1) is 9.71. The summed E-state index contributed by atoms with van der Waals surface area (Å²) >= 11 is 0. The summed E-state index contributed by atoms with van der Waals surface area (Å²) in [6.45, 7) is 0.981. The van der Waals surface area contributed by atoms with E-state index in [1.54, 1.807) is 20.3 Å². The molecule has 0 spiro atoms. The molecule has 20 heavy (non-hydrogen) atoms. The smallest absolute Gasteiger partial charge is 0.158 e. The number of nitrogens with two attached hydrogens (primary N) is 1. The van der Waals surface area contributed by atoms with Gasteiger partial charge in [-0.15, -0.1) is 0 Å². The second kappa shape index (κ2) is 6.72. The van der Waals surface area contributed by atoms with E-state index in [2.05, 4.69) is 15.3 Å². The van der Waals surface area contributed by atoms with Crippen molar-refractivity contribution in [3.63, 3.8) is 0 Å². The SMILES string of the molecule is COCc1nc(N)cc(NCc2ccc(OC)cc2)n1. The lowest BCUT2D eigenvalue weighted by Crippen LogP contribution is -2.07. The third-order valence-electron chi connectivity index (χ3n) is 2.70. The van der Waals surface area contributed by atoms with Gasteiger partial charge in [0.05, 0.1) is 7.11 Å². The molecule has 2 rings (SSSR count). The van der Waals surface area contributed by atoms with Crippen molar-refractivity contribution in [1.82, 2.24) is 9.97 Å². The van der Waals surface area contributed by atoms with Gasteiger partial charge in [0.2, 0.25) is 0 Å². The van der Waals surface area contributed by atoms with Crippen LogP contribution in [-0.2, 0) is 17.9 Å². The topological polar surface area (TPSA) is 82.3 Å². The van der Waals surface area contributed by atoms with Crippen LogP contribution in [-0.4, -0.2) is 24.2 Å². The summed E-state index contributed by atoms with van der Waals surface area (Å²) < 4.78 is 10.1. The van der Waals surface area contributed by atoms with Crippen molar-refractivity contribution in [2.24, 2.45) is 0 Å². The lowest BCUT2D eigenvalue weighted by Gasteiger charge is -2.08. The summed E-state index contributed by atoms with van der Waals surface area (Å²) in [5, 5.41) is 3.21. The minimum Gasteiger partial charge on any atom is -0.497 e. The predicted molar refractivity (Wildman–Crippen MR) is 77.5 cm³/mol. The molecule has 0 saturated heterocycles. The van der Waals surface area contributed by atoms with Gasteiger partial charge in [-0.2, -0.15) is 0 Å². The number of hydrogen-bond donors (Lipinski definition) is 2. The van der Waals surface area contributed by atoms with Crippen molar-refractivity contribution in [3.05, 3.63) is 41.7 Å². The second-order valence-electron chi connectivity index (χ2n) is 4.23. The molecule has 3 N–H and O–H groups in total. The zero-order valence-electron chi connectivity index (χ0n) is 11.6. The Balaban J connectivity index is 2.02. The van der Waals surface area contributed by atoms with E-state index in [0.29, 0.717) is 30.6 Å². The van der Waals surface area contributed by atoms with E-state index in [9.17, 15) is 0 Å². The zero-order chi connectivity index (χ0) is 14.4. The molecule has 0 aliphatic heterocycles. The molecule has 0 aliphatic carbocycles. The molecule has 0 radical (unpaired) electrons. The maximum absolute atomic E-state index is 5.73. The van der Waals surface area contributed by atoms with Gasteiger partial charge in [0.15, 0.2) is 5.82 Å². The number of nitrogens with zero attached hydrogens (tertiary/aromatic N) is 2. The Morgan fingerprint density at radius 1 is 1.15 bits per heavy atom. The number of ether oxygens (including phenoxy) is 2. The van der Waals surface area contributed by atoms with E-state index < -0.39 is 0 Å². The first kappa shape index (κ1) is 14.1. The van der Waals surface area contributed by atoms with Crippen molar-refractivity contribution < 1.29 is 9.47 Å². The first-order valence-corrected chi connectivity index (χ1v) is 6.20. The molecule has 6 heteroatoms. The molecule has 0 bridgehead atoms. The number of aromatic nitrogens is 2. The Kier molecular flexibility index (Phi) is 4.73. The van der Waals surface area contributed by atoms with Crippen LogP contribution in [0.1, 0.15) is 11.4 Å². The lowest BCUT2D eigenvalue weighted by atomic mass is 10.2. The van der Waals surface area contributed by atoms with Gasteiger partial charge in [-0.25, -0.2) is 9.97 Å². The van der Waals surface area contributed by atoms with E-state index in [-0.39, 0.29) is 0 Å². The lowest BCUT2D eigenvalue weighted by molar-refractivity contribution is 0.178. The standard InChI is InChI=1S/C14H18N4O2/c1-19-9-14-17-12(15)7-13(18-14)16-8-10-3-5-11(20-2)6-4-10/h3-7H,8-9H2,1-2H3,(H3,15,16,17,18). The molecule has 0 saturated carbocycles. The molecule has 1 aromatic heterocycles. The van der Waals surface area contributed by atoms with Crippen molar-refractivity contribution >= 4 is 11.6 Å². The van der Waals surface area contributed by atoms with E-state index in [1.165, 1.54) is 0 Å². The summed E-state index contributed by atoms with van der Waals surface area (Å²) in [4.78, 5) is 8.41. The number of benzene rings is 1. The van der Waals surface area contributed by atoms with Crippen LogP contribution in [0.4, 0.5) is 11.6 Å². The highest BCUT2D eigenvalue weighted by Crippen LogP contribution is 2.14. The monoisotopic (exact) mass is 274 g/mol. The van der Waals surface area contributed by atoms with Gasteiger partial charge >= 0.3 is 0 Å². The third kappa shape index (κ3) is 3.83. The average Bonchev–Trinajstić information content (AvgIpc) is 2.45. The number of methoxy groups -OCH3 is 2. The van der Waals surface area contributed by atoms with Crippen LogP contribution in [0.15, 0.2) is 30.3 Å². The highest BCUT2D eigenvalue weighted by Gasteiger charge is 2.02. The molecular weight excluding hydrogens is 256 g/mol. The highest BCUT2D eigenvalue weighted by atomic mass is 16.5. The number of nitrogen functional groups attached to an aromatic ring is 1. The van der Waals surface area contributed by atoms with E-state index in [4.69, 9.17) is 15.2 Å². The van der Waals surface area contributed by atoms with Crippen molar-refractivity contribution in [3.8, 4) is 5.75 Å². The summed E-state index contributed by atoms with van der Waals surface area (Å²) in [6, 6.07) is 9.52. The molecule has 0 aliphatic rings. The Morgan fingerprint density at radius 3 is 2.55 bits per heavy atom. The van der Waals surface area contributed by atoms with Gasteiger partial charge < -0.3 is 20.5 Å². The minimum atomic E-state index is 0.336. The number of anilines is 2. The summed E-state index contributed by atoms with van der Waals surface area (Å²) in [6.07, 6.45) is 0. The average molecular weight is 274 g/mol. The van der Waals surface area contributed by atoms with Gasteiger partial charge in [0, 0.05) is 19.7 Å². The van der Waals surface area contributed by atoms with Crippen LogP contribution in [0.5, 0.6) is 5.75 Å². The van der Waals surface area contributed by atoms with Gasteiger partial charge in [-0.1, -0.05) is 12.1 Å². The van der Waals surface area contributed by atoms with E-state index >= 15 is 0 Å². The fraction of sp³-hybridized carbons (Fsp3) is 0.286. The highest BCUT2D eigenvalue weighted by molar-refractivity contribution is 5.45.